The summed E-state index contributed by atoms with van der Waals surface area (Å²) in [6.45, 7) is 3.17. The van der Waals surface area contributed by atoms with Gasteiger partial charge in [0.2, 0.25) is 0 Å². The maximum Gasteiger partial charge on any atom is 0.130 e. The molecule has 0 atom stereocenters. The number of hydrogen-bond donors (Lipinski definition) is 1. The molecule has 0 spiro atoms. The molecule has 16 heavy (non-hydrogen) atoms. The zero-order valence-corrected chi connectivity index (χ0v) is 10.1. The minimum Gasteiger partial charge on any atom is -0.325 e. The molecule has 1 nitrogen and oxygen atoms in total. The van der Waals surface area contributed by atoms with Gasteiger partial charge in [-0.2, -0.15) is 0 Å². The Kier molecular flexibility index (Phi) is 2.79. The number of alkyl halides is 1. The van der Waals surface area contributed by atoms with Crippen molar-refractivity contribution >= 4 is 0 Å². The predicted octanol–water partition coefficient (Wildman–Crippen LogP) is 3.32. The van der Waals surface area contributed by atoms with Crippen LogP contribution < -0.4 is 5.73 Å². The Bertz CT molecular complexity index is 357. The molecule has 0 amide bonds. The summed E-state index contributed by atoms with van der Waals surface area (Å²) in [7, 11) is 0. The minimum absolute atomic E-state index is 0.109. The quantitative estimate of drug-likeness (QED) is 0.829. The first kappa shape index (κ1) is 11.6. The van der Waals surface area contributed by atoms with Crippen LogP contribution >= 0.6 is 0 Å². The Morgan fingerprint density at radius 2 is 1.81 bits per heavy atom. The highest BCUT2D eigenvalue weighted by atomic mass is 19.1. The van der Waals surface area contributed by atoms with Gasteiger partial charge in [-0.1, -0.05) is 24.3 Å². The molecule has 0 aliphatic heterocycles. The van der Waals surface area contributed by atoms with Crippen molar-refractivity contribution in [1.29, 1.82) is 0 Å². The van der Waals surface area contributed by atoms with Crippen LogP contribution in [0, 0.1) is 0 Å². The lowest BCUT2D eigenvalue weighted by molar-refractivity contribution is 0.221. The lowest BCUT2D eigenvalue weighted by Gasteiger charge is -2.15. The second-order valence-electron chi connectivity index (χ2n) is 5.53. The zero-order valence-electron chi connectivity index (χ0n) is 10.1. The molecule has 1 saturated carbocycles. The first-order valence-electron chi connectivity index (χ1n) is 5.96. The van der Waals surface area contributed by atoms with Gasteiger partial charge >= 0.3 is 0 Å². The summed E-state index contributed by atoms with van der Waals surface area (Å²) >= 11 is 0. The van der Waals surface area contributed by atoms with Crippen molar-refractivity contribution in [2.24, 2.45) is 5.73 Å². The molecule has 1 aliphatic carbocycles. The molecule has 2 N–H and O–H groups in total. The molecule has 1 aliphatic rings. The second kappa shape index (κ2) is 3.85. The Balaban J connectivity index is 1.96. The number of benzene rings is 1. The van der Waals surface area contributed by atoms with Crippen molar-refractivity contribution in [2.75, 3.05) is 0 Å². The average molecular weight is 221 g/mol. The van der Waals surface area contributed by atoms with Crippen LogP contribution in [0.3, 0.4) is 0 Å². The van der Waals surface area contributed by atoms with Crippen LogP contribution in [0.4, 0.5) is 4.39 Å². The standard InChI is InChI=1S/C14H20FN/c1-13(2,15)12-5-3-11(4-6-12)7-8-14(16)9-10-14/h3-6H,7-10,16H2,1-2H3. The van der Waals surface area contributed by atoms with E-state index in [0.29, 0.717) is 0 Å². The number of rotatable bonds is 4. The van der Waals surface area contributed by atoms with Crippen molar-refractivity contribution in [1.82, 2.24) is 0 Å². The summed E-state index contributed by atoms with van der Waals surface area (Å²) in [5.74, 6) is 0. The predicted molar refractivity (Wildman–Crippen MR) is 65.0 cm³/mol. The van der Waals surface area contributed by atoms with Gasteiger partial charge in [-0.15, -0.1) is 0 Å². The van der Waals surface area contributed by atoms with E-state index in [1.165, 1.54) is 5.56 Å². The fourth-order valence-corrected chi connectivity index (χ4v) is 1.87. The molecular formula is C14H20FN. The van der Waals surface area contributed by atoms with E-state index in [-0.39, 0.29) is 5.54 Å². The molecule has 2 heteroatoms. The summed E-state index contributed by atoms with van der Waals surface area (Å²) in [5.41, 5.74) is 6.89. The number of hydrogen-bond acceptors (Lipinski definition) is 1. The molecule has 2 rings (SSSR count). The van der Waals surface area contributed by atoms with E-state index >= 15 is 0 Å². The van der Waals surface area contributed by atoms with E-state index < -0.39 is 5.67 Å². The third kappa shape index (κ3) is 2.82. The largest absolute Gasteiger partial charge is 0.325 e. The highest BCUT2D eigenvalue weighted by molar-refractivity contribution is 5.26. The van der Waals surface area contributed by atoms with Gasteiger partial charge in [0.25, 0.3) is 0 Å². The smallest absolute Gasteiger partial charge is 0.130 e. The summed E-state index contributed by atoms with van der Waals surface area (Å²) in [6, 6.07) is 7.79. The molecule has 1 aromatic carbocycles. The number of nitrogens with two attached hydrogens (primary N) is 1. The summed E-state index contributed by atoms with van der Waals surface area (Å²) < 4.78 is 13.6. The van der Waals surface area contributed by atoms with Crippen molar-refractivity contribution < 1.29 is 4.39 Å². The summed E-state index contributed by atoms with van der Waals surface area (Å²) in [4.78, 5) is 0. The van der Waals surface area contributed by atoms with Gasteiger partial charge < -0.3 is 5.73 Å². The molecule has 0 saturated heterocycles. The van der Waals surface area contributed by atoms with Gasteiger partial charge in [0.15, 0.2) is 0 Å². The molecule has 0 bridgehead atoms. The van der Waals surface area contributed by atoms with Crippen LogP contribution in [0.2, 0.25) is 0 Å². The van der Waals surface area contributed by atoms with Crippen molar-refractivity contribution in [3.05, 3.63) is 35.4 Å². The molecule has 0 aromatic heterocycles. The Labute approximate surface area is 96.9 Å². The lowest BCUT2D eigenvalue weighted by Crippen LogP contribution is -2.22. The molecular weight excluding hydrogens is 201 g/mol. The topological polar surface area (TPSA) is 26.0 Å². The summed E-state index contributed by atoms with van der Waals surface area (Å²) in [6.07, 6.45) is 4.36. The molecule has 0 heterocycles. The van der Waals surface area contributed by atoms with Gasteiger partial charge in [0, 0.05) is 5.54 Å². The van der Waals surface area contributed by atoms with Crippen LogP contribution in [-0.4, -0.2) is 5.54 Å². The third-order valence-electron chi connectivity index (χ3n) is 3.44. The highest BCUT2D eigenvalue weighted by Gasteiger charge is 2.37. The van der Waals surface area contributed by atoms with Gasteiger partial charge in [-0.25, -0.2) is 4.39 Å². The minimum atomic E-state index is -1.25. The van der Waals surface area contributed by atoms with E-state index in [4.69, 9.17) is 5.73 Å². The zero-order chi connectivity index (χ0) is 11.8. The monoisotopic (exact) mass is 221 g/mol. The van der Waals surface area contributed by atoms with E-state index in [2.05, 4.69) is 0 Å². The van der Waals surface area contributed by atoms with Gasteiger partial charge in [-0.3, -0.25) is 0 Å². The van der Waals surface area contributed by atoms with Crippen LogP contribution in [0.25, 0.3) is 0 Å². The lowest BCUT2D eigenvalue weighted by atomic mass is 9.97. The molecule has 1 fully saturated rings. The first-order chi connectivity index (χ1) is 7.39. The second-order valence-corrected chi connectivity index (χ2v) is 5.53. The van der Waals surface area contributed by atoms with Crippen molar-refractivity contribution in [3.63, 3.8) is 0 Å². The molecule has 0 radical (unpaired) electrons. The van der Waals surface area contributed by atoms with Gasteiger partial charge in [0.1, 0.15) is 5.67 Å². The van der Waals surface area contributed by atoms with E-state index in [1.807, 2.05) is 24.3 Å². The van der Waals surface area contributed by atoms with Crippen LogP contribution in [0.1, 0.15) is 44.2 Å². The van der Waals surface area contributed by atoms with E-state index in [1.54, 1.807) is 13.8 Å². The average Bonchev–Trinajstić information content (AvgIpc) is 2.94. The normalized spacial score (nSPS) is 18.5. The maximum absolute atomic E-state index is 13.6. The Morgan fingerprint density at radius 3 is 2.25 bits per heavy atom. The third-order valence-corrected chi connectivity index (χ3v) is 3.44. The first-order valence-corrected chi connectivity index (χ1v) is 5.96. The fourth-order valence-electron chi connectivity index (χ4n) is 1.87. The SMILES string of the molecule is CC(C)(F)c1ccc(CCC2(N)CC2)cc1. The Morgan fingerprint density at radius 1 is 1.25 bits per heavy atom. The highest BCUT2D eigenvalue weighted by Crippen LogP contribution is 2.36. The van der Waals surface area contributed by atoms with Gasteiger partial charge in [-0.05, 0) is 50.7 Å². The van der Waals surface area contributed by atoms with E-state index in [0.717, 1.165) is 31.2 Å². The fraction of sp³-hybridized carbons (Fsp3) is 0.571. The van der Waals surface area contributed by atoms with Crippen LogP contribution in [0.5, 0.6) is 0 Å². The Hall–Kier alpha value is -0.890. The van der Waals surface area contributed by atoms with Gasteiger partial charge in [0.05, 0.1) is 0 Å². The molecule has 1 aromatic rings. The van der Waals surface area contributed by atoms with Crippen molar-refractivity contribution in [2.45, 2.75) is 50.7 Å². The summed E-state index contributed by atoms with van der Waals surface area (Å²) in [5, 5.41) is 0. The number of halogens is 1. The van der Waals surface area contributed by atoms with Crippen molar-refractivity contribution in [3.8, 4) is 0 Å². The molecule has 88 valence electrons. The maximum atomic E-state index is 13.6. The number of aryl methyl sites for hydroxylation is 1. The van der Waals surface area contributed by atoms with Crippen LogP contribution in [0.15, 0.2) is 24.3 Å². The van der Waals surface area contributed by atoms with E-state index in [9.17, 15) is 4.39 Å². The van der Waals surface area contributed by atoms with Crippen LogP contribution in [-0.2, 0) is 12.1 Å². The molecule has 0 unspecified atom stereocenters.